The molecule has 1 unspecified atom stereocenters. The van der Waals surface area contributed by atoms with Gasteiger partial charge in [-0.1, -0.05) is 37.3 Å². The average molecular weight is 412 g/mol. The molecule has 0 bridgehead atoms. The van der Waals surface area contributed by atoms with E-state index >= 15 is 0 Å². The number of benzene rings is 2. The summed E-state index contributed by atoms with van der Waals surface area (Å²) in [5, 5.41) is 11.7. The maximum atomic E-state index is 12.6. The molecule has 2 aromatic carbocycles. The van der Waals surface area contributed by atoms with Gasteiger partial charge >= 0.3 is 0 Å². The van der Waals surface area contributed by atoms with Crippen molar-refractivity contribution in [2.24, 2.45) is 5.92 Å². The number of anilines is 1. The van der Waals surface area contributed by atoms with Crippen molar-refractivity contribution < 1.29 is 4.79 Å². The summed E-state index contributed by atoms with van der Waals surface area (Å²) in [4.78, 5) is 17.1. The van der Waals surface area contributed by atoms with Crippen molar-refractivity contribution in [1.29, 1.82) is 0 Å². The van der Waals surface area contributed by atoms with Gasteiger partial charge in [-0.3, -0.25) is 4.79 Å². The summed E-state index contributed by atoms with van der Waals surface area (Å²) in [6.45, 7) is 4.34. The summed E-state index contributed by atoms with van der Waals surface area (Å²) in [5.41, 5.74) is 12.2. The maximum Gasteiger partial charge on any atom is 0.223 e. The van der Waals surface area contributed by atoms with Crippen molar-refractivity contribution in [1.82, 2.24) is 20.5 Å². The number of amides is 1. The Morgan fingerprint density at radius 1 is 1.10 bits per heavy atom. The number of pyridine rings is 1. The fourth-order valence-electron chi connectivity index (χ4n) is 3.67. The Hall–Kier alpha value is -3.80. The molecule has 6 heteroatoms. The van der Waals surface area contributed by atoms with Crippen molar-refractivity contribution in [3.05, 3.63) is 83.7 Å². The first-order valence-electron chi connectivity index (χ1n) is 10.3. The van der Waals surface area contributed by atoms with Gasteiger partial charge in [-0.15, -0.1) is 0 Å². The number of aryl methyl sites for hydroxylation is 1. The molecule has 31 heavy (non-hydrogen) atoms. The van der Waals surface area contributed by atoms with Gasteiger partial charge in [0.25, 0.3) is 0 Å². The van der Waals surface area contributed by atoms with Crippen LogP contribution in [0.3, 0.4) is 0 Å². The predicted molar refractivity (Wildman–Crippen MR) is 123 cm³/mol. The van der Waals surface area contributed by atoms with Crippen molar-refractivity contribution in [2.75, 3.05) is 5.73 Å². The number of nitrogens with zero attached hydrogens (tertiary/aromatic N) is 3. The third-order valence-electron chi connectivity index (χ3n) is 5.43. The van der Waals surface area contributed by atoms with E-state index < -0.39 is 0 Å². The SMILES string of the molecule is Cc1ccccc1-c1ccc2nc(N)c(CC(C)C(=O)NCc3cccnn3)cc2c1. The molecule has 6 nitrogen and oxygen atoms in total. The van der Waals surface area contributed by atoms with E-state index in [-0.39, 0.29) is 11.8 Å². The largest absolute Gasteiger partial charge is 0.383 e. The van der Waals surface area contributed by atoms with E-state index in [1.807, 2.05) is 37.3 Å². The Balaban J connectivity index is 1.53. The zero-order chi connectivity index (χ0) is 21.8. The molecule has 0 spiro atoms. The Morgan fingerprint density at radius 3 is 2.71 bits per heavy atom. The number of carbonyl (C=O) groups is 1. The minimum Gasteiger partial charge on any atom is -0.383 e. The Bertz CT molecular complexity index is 1220. The lowest BCUT2D eigenvalue weighted by Gasteiger charge is -2.14. The van der Waals surface area contributed by atoms with Crippen LogP contribution in [0.4, 0.5) is 5.82 Å². The van der Waals surface area contributed by atoms with Crippen LogP contribution < -0.4 is 11.1 Å². The Morgan fingerprint density at radius 2 is 1.94 bits per heavy atom. The molecule has 1 amide bonds. The van der Waals surface area contributed by atoms with E-state index in [0.29, 0.717) is 18.8 Å². The number of fused-ring (bicyclic) bond motifs is 1. The van der Waals surface area contributed by atoms with E-state index in [4.69, 9.17) is 5.73 Å². The van der Waals surface area contributed by atoms with Crippen LogP contribution in [0.5, 0.6) is 0 Å². The average Bonchev–Trinajstić information content (AvgIpc) is 2.78. The molecule has 2 aromatic heterocycles. The number of carbonyl (C=O) groups excluding carboxylic acids is 1. The lowest BCUT2D eigenvalue weighted by Crippen LogP contribution is -2.30. The van der Waals surface area contributed by atoms with Gasteiger partial charge in [-0.2, -0.15) is 10.2 Å². The monoisotopic (exact) mass is 411 g/mol. The summed E-state index contributed by atoms with van der Waals surface area (Å²) in [5.74, 6) is 0.154. The highest BCUT2D eigenvalue weighted by Gasteiger charge is 2.16. The number of nitrogens with two attached hydrogens (primary N) is 1. The van der Waals surface area contributed by atoms with Crippen LogP contribution in [0, 0.1) is 12.8 Å². The first-order chi connectivity index (χ1) is 15.0. The second-order valence-electron chi connectivity index (χ2n) is 7.79. The normalized spacial score (nSPS) is 11.9. The highest BCUT2D eigenvalue weighted by molar-refractivity contribution is 5.87. The van der Waals surface area contributed by atoms with Crippen molar-refractivity contribution in [3.63, 3.8) is 0 Å². The van der Waals surface area contributed by atoms with Crippen molar-refractivity contribution in [2.45, 2.75) is 26.8 Å². The van der Waals surface area contributed by atoms with Crippen molar-refractivity contribution in [3.8, 4) is 11.1 Å². The molecule has 156 valence electrons. The number of nitrogens with one attached hydrogen (secondary N) is 1. The molecule has 0 saturated heterocycles. The van der Waals surface area contributed by atoms with Crippen LogP contribution in [0.2, 0.25) is 0 Å². The summed E-state index contributed by atoms with van der Waals surface area (Å²) < 4.78 is 0. The highest BCUT2D eigenvalue weighted by Crippen LogP contribution is 2.28. The lowest BCUT2D eigenvalue weighted by atomic mass is 9.96. The van der Waals surface area contributed by atoms with Gasteiger partial charge in [0.2, 0.25) is 5.91 Å². The maximum absolute atomic E-state index is 12.6. The standard InChI is InChI=1S/C25H25N5O/c1-16-6-3-4-8-22(16)18-9-10-23-19(13-18)14-20(24(26)29-23)12-17(2)25(31)27-15-21-7-5-11-28-30-21/h3-11,13-14,17H,12,15H2,1-2H3,(H2,26,29)(H,27,31). The predicted octanol–water partition coefficient (Wildman–Crippen LogP) is 4.08. The van der Waals surface area contributed by atoms with Gasteiger partial charge in [-0.05, 0) is 65.9 Å². The molecule has 4 aromatic rings. The highest BCUT2D eigenvalue weighted by atomic mass is 16.1. The molecule has 0 radical (unpaired) electrons. The van der Waals surface area contributed by atoms with Crippen LogP contribution in [0.1, 0.15) is 23.7 Å². The molecule has 3 N–H and O–H groups in total. The molecular formula is C25H25N5O. The molecule has 0 fully saturated rings. The summed E-state index contributed by atoms with van der Waals surface area (Å²) >= 11 is 0. The summed E-state index contributed by atoms with van der Waals surface area (Å²) in [6.07, 6.45) is 2.11. The van der Waals surface area contributed by atoms with Gasteiger partial charge in [0.05, 0.1) is 17.8 Å². The third-order valence-corrected chi connectivity index (χ3v) is 5.43. The van der Waals surface area contributed by atoms with E-state index in [1.54, 1.807) is 12.3 Å². The molecule has 0 aliphatic rings. The first-order valence-corrected chi connectivity index (χ1v) is 10.3. The number of hydrogen-bond donors (Lipinski definition) is 2. The number of nitrogen functional groups attached to an aromatic ring is 1. The van der Waals surface area contributed by atoms with E-state index in [9.17, 15) is 4.79 Å². The molecule has 1 atom stereocenters. The number of rotatable bonds is 6. The zero-order valence-corrected chi connectivity index (χ0v) is 17.7. The molecule has 0 saturated carbocycles. The van der Waals surface area contributed by atoms with Gasteiger partial charge in [0, 0.05) is 17.5 Å². The van der Waals surface area contributed by atoms with Gasteiger partial charge in [-0.25, -0.2) is 4.98 Å². The second-order valence-corrected chi connectivity index (χ2v) is 7.79. The zero-order valence-electron chi connectivity index (χ0n) is 17.7. The fraction of sp³-hybridized carbons (Fsp3) is 0.200. The molecular weight excluding hydrogens is 386 g/mol. The molecule has 2 heterocycles. The van der Waals surface area contributed by atoms with Crippen LogP contribution in [-0.2, 0) is 17.8 Å². The van der Waals surface area contributed by atoms with Crippen LogP contribution in [0.15, 0.2) is 66.9 Å². The third kappa shape index (κ3) is 4.69. The summed E-state index contributed by atoms with van der Waals surface area (Å²) in [7, 11) is 0. The van der Waals surface area contributed by atoms with E-state index in [1.165, 1.54) is 11.1 Å². The molecule has 4 rings (SSSR count). The lowest BCUT2D eigenvalue weighted by molar-refractivity contribution is -0.124. The Kier molecular flexibility index (Phi) is 5.89. The topological polar surface area (TPSA) is 93.8 Å². The smallest absolute Gasteiger partial charge is 0.223 e. The van der Waals surface area contributed by atoms with Crippen LogP contribution in [-0.4, -0.2) is 21.1 Å². The number of hydrogen-bond acceptors (Lipinski definition) is 5. The molecule has 0 aliphatic carbocycles. The summed E-state index contributed by atoms with van der Waals surface area (Å²) in [6, 6.07) is 20.2. The minimum atomic E-state index is -0.252. The quantitative estimate of drug-likeness (QED) is 0.499. The van der Waals surface area contributed by atoms with E-state index in [0.717, 1.165) is 27.7 Å². The fourth-order valence-corrected chi connectivity index (χ4v) is 3.67. The minimum absolute atomic E-state index is 0.0567. The van der Waals surface area contributed by atoms with Gasteiger partial charge in [0.1, 0.15) is 5.82 Å². The first kappa shape index (κ1) is 20.5. The van der Waals surface area contributed by atoms with Crippen LogP contribution in [0.25, 0.3) is 22.0 Å². The number of aromatic nitrogens is 3. The van der Waals surface area contributed by atoms with Crippen molar-refractivity contribution >= 4 is 22.6 Å². The Labute approximate surface area is 181 Å². The van der Waals surface area contributed by atoms with Gasteiger partial charge < -0.3 is 11.1 Å². The van der Waals surface area contributed by atoms with Gasteiger partial charge in [0.15, 0.2) is 0 Å². The second kappa shape index (κ2) is 8.92. The molecule has 0 aliphatic heterocycles. The van der Waals surface area contributed by atoms with E-state index in [2.05, 4.69) is 51.7 Å². The van der Waals surface area contributed by atoms with Crippen LogP contribution >= 0.6 is 0 Å².